The molecule has 2 nitrogen and oxygen atoms in total. The average Bonchev–Trinajstić information content (AvgIpc) is 2.71. The third kappa shape index (κ3) is 5.87. The summed E-state index contributed by atoms with van der Waals surface area (Å²) < 4.78 is 0. The minimum atomic E-state index is 0.106. The van der Waals surface area contributed by atoms with Crippen LogP contribution in [0.1, 0.15) is 63.8 Å². The molecule has 32 heavy (non-hydrogen) atoms. The number of carbonyl (C=O) groups is 1. The van der Waals surface area contributed by atoms with Crippen molar-refractivity contribution in [3.05, 3.63) is 81.9 Å². The van der Waals surface area contributed by atoms with Gasteiger partial charge in [-0.15, -0.1) is 6.42 Å². The summed E-state index contributed by atoms with van der Waals surface area (Å²) in [5, 5.41) is 0. The first-order valence-corrected chi connectivity index (χ1v) is 11.3. The first kappa shape index (κ1) is 23.8. The highest BCUT2D eigenvalue weighted by atomic mass is 16.1. The number of terminal acetylenes is 1. The van der Waals surface area contributed by atoms with Crippen LogP contribution in [0, 0.1) is 12.3 Å². The summed E-state index contributed by atoms with van der Waals surface area (Å²) in [6.45, 7) is 14.9. The highest BCUT2D eigenvalue weighted by Crippen LogP contribution is 2.26. The zero-order valence-electron chi connectivity index (χ0n) is 20.3. The van der Waals surface area contributed by atoms with Crippen molar-refractivity contribution in [2.75, 3.05) is 19.6 Å². The number of hydrogen-bond donors (Lipinski definition) is 0. The van der Waals surface area contributed by atoms with E-state index >= 15 is 0 Å². The van der Waals surface area contributed by atoms with Gasteiger partial charge in [0.05, 0.1) is 6.54 Å². The Bertz CT molecular complexity index is 983. The van der Waals surface area contributed by atoms with E-state index in [0.29, 0.717) is 19.6 Å². The fourth-order valence-electron chi connectivity index (χ4n) is 3.91. The topological polar surface area (TPSA) is 20.3 Å². The molecule has 0 N–H and O–H groups in total. The molecule has 0 unspecified atom stereocenters. The van der Waals surface area contributed by atoms with Gasteiger partial charge in [-0.2, -0.15) is 0 Å². The lowest BCUT2D eigenvalue weighted by molar-refractivity contribution is -0.113. The van der Waals surface area contributed by atoms with Crippen molar-refractivity contribution in [1.29, 1.82) is 0 Å². The van der Waals surface area contributed by atoms with Crippen molar-refractivity contribution < 1.29 is 4.79 Å². The van der Waals surface area contributed by atoms with Gasteiger partial charge < -0.3 is 0 Å². The number of piperidine rings is 1. The zero-order chi connectivity index (χ0) is 23.5. The number of nitrogens with zero attached hydrogens (tertiary/aromatic N) is 1. The van der Waals surface area contributed by atoms with Crippen LogP contribution in [0.4, 0.5) is 0 Å². The van der Waals surface area contributed by atoms with Crippen LogP contribution in [0.3, 0.4) is 0 Å². The highest BCUT2D eigenvalue weighted by molar-refractivity contribution is 6.14. The van der Waals surface area contributed by atoms with Crippen molar-refractivity contribution in [3.8, 4) is 12.3 Å². The molecule has 2 aromatic rings. The SMILES string of the molecule is C#CCN1C/C(=C/c2ccc(C(C)(C)C)cc2)C(=O)/C(=C/c2ccc(C(C)(C)C)cc2)C1. The number of ketones is 1. The second kappa shape index (κ2) is 9.31. The maximum atomic E-state index is 13.3. The monoisotopic (exact) mass is 425 g/mol. The molecule has 0 radical (unpaired) electrons. The normalized spacial score (nSPS) is 18.2. The van der Waals surface area contributed by atoms with Crippen molar-refractivity contribution in [3.63, 3.8) is 0 Å². The lowest BCUT2D eigenvalue weighted by Gasteiger charge is -2.28. The van der Waals surface area contributed by atoms with Crippen molar-refractivity contribution in [2.45, 2.75) is 52.4 Å². The second-order valence-corrected chi connectivity index (χ2v) is 10.8. The van der Waals surface area contributed by atoms with E-state index in [0.717, 1.165) is 22.3 Å². The summed E-state index contributed by atoms with van der Waals surface area (Å²) in [5.41, 5.74) is 6.42. The summed E-state index contributed by atoms with van der Waals surface area (Å²) in [4.78, 5) is 15.5. The molecule has 0 saturated carbocycles. The molecular formula is C30H35NO. The Morgan fingerprint density at radius 2 is 1.16 bits per heavy atom. The van der Waals surface area contributed by atoms with Gasteiger partial charge in [-0.25, -0.2) is 0 Å². The lowest BCUT2D eigenvalue weighted by atomic mass is 9.86. The maximum Gasteiger partial charge on any atom is 0.187 e. The molecular weight excluding hydrogens is 390 g/mol. The van der Waals surface area contributed by atoms with Gasteiger partial charge in [0.15, 0.2) is 5.78 Å². The second-order valence-electron chi connectivity index (χ2n) is 10.8. The Kier molecular flexibility index (Phi) is 6.91. The van der Waals surface area contributed by atoms with E-state index < -0.39 is 0 Å². The lowest BCUT2D eigenvalue weighted by Crippen LogP contribution is -2.37. The van der Waals surface area contributed by atoms with E-state index in [9.17, 15) is 4.79 Å². The van der Waals surface area contributed by atoms with Crippen LogP contribution >= 0.6 is 0 Å². The standard InChI is InChI=1S/C30H35NO/c1-8-17-31-20-24(18-22-9-13-26(14-10-22)29(2,3)4)28(32)25(21-31)19-23-11-15-27(16-12-23)30(5,6)7/h1,9-16,18-19H,17,20-21H2,2-7H3/b24-18-,25-19+. The van der Waals surface area contributed by atoms with Gasteiger partial charge >= 0.3 is 0 Å². The molecule has 0 aliphatic carbocycles. The Hall–Kier alpha value is -2.89. The van der Waals surface area contributed by atoms with Crippen LogP contribution in [0.25, 0.3) is 12.2 Å². The van der Waals surface area contributed by atoms with E-state index in [1.807, 2.05) is 12.2 Å². The maximum absolute atomic E-state index is 13.3. The molecule has 2 heteroatoms. The van der Waals surface area contributed by atoms with E-state index in [2.05, 4.69) is 101 Å². The molecule has 1 aliphatic heterocycles. The molecule has 0 bridgehead atoms. The minimum Gasteiger partial charge on any atom is -0.289 e. The van der Waals surface area contributed by atoms with Crippen LogP contribution in [0.15, 0.2) is 59.7 Å². The van der Waals surface area contributed by atoms with Crippen LogP contribution < -0.4 is 0 Å². The Labute approximate surface area is 194 Å². The molecule has 0 amide bonds. The van der Waals surface area contributed by atoms with Crippen molar-refractivity contribution in [2.24, 2.45) is 0 Å². The van der Waals surface area contributed by atoms with E-state index in [1.54, 1.807) is 0 Å². The number of Topliss-reactive ketones (excluding diaryl/α,β-unsaturated/α-hetero) is 1. The Balaban J connectivity index is 1.91. The molecule has 0 spiro atoms. The predicted molar refractivity (Wildman–Crippen MR) is 137 cm³/mol. The number of rotatable bonds is 3. The first-order valence-electron chi connectivity index (χ1n) is 11.3. The molecule has 1 fully saturated rings. The predicted octanol–water partition coefficient (Wildman–Crippen LogP) is 6.27. The number of likely N-dealkylation sites (tertiary alicyclic amines) is 1. The Morgan fingerprint density at radius 3 is 1.47 bits per heavy atom. The van der Waals surface area contributed by atoms with E-state index in [4.69, 9.17) is 6.42 Å². The van der Waals surface area contributed by atoms with E-state index in [1.165, 1.54) is 11.1 Å². The zero-order valence-corrected chi connectivity index (χ0v) is 20.3. The highest BCUT2D eigenvalue weighted by Gasteiger charge is 2.26. The third-order valence-electron chi connectivity index (χ3n) is 5.92. The molecule has 1 aliphatic rings. The number of carbonyl (C=O) groups excluding carboxylic acids is 1. The van der Waals surface area contributed by atoms with Crippen LogP contribution in [0.5, 0.6) is 0 Å². The summed E-state index contributed by atoms with van der Waals surface area (Å²) in [7, 11) is 0. The van der Waals surface area contributed by atoms with Crippen LogP contribution in [0.2, 0.25) is 0 Å². The molecule has 3 rings (SSSR count). The molecule has 0 aromatic heterocycles. The summed E-state index contributed by atoms with van der Waals surface area (Å²) in [6, 6.07) is 17.0. The largest absolute Gasteiger partial charge is 0.289 e. The molecule has 166 valence electrons. The van der Waals surface area contributed by atoms with Gasteiger partial charge in [0.1, 0.15) is 0 Å². The van der Waals surface area contributed by atoms with Gasteiger partial charge in [-0.1, -0.05) is 96.0 Å². The van der Waals surface area contributed by atoms with Crippen LogP contribution in [-0.4, -0.2) is 30.3 Å². The summed E-state index contributed by atoms with van der Waals surface area (Å²) in [6.07, 6.45) is 9.61. The van der Waals surface area contributed by atoms with Gasteiger partial charge in [0.2, 0.25) is 0 Å². The fraction of sp³-hybridized carbons (Fsp3) is 0.367. The third-order valence-corrected chi connectivity index (χ3v) is 5.92. The van der Waals surface area contributed by atoms with Gasteiger partial charge in [-0.05, 0) is 45.2 Å². The average molecular weight is 426 g/mol. The van der Waals surface area contributed by atoms with Crippen LogP contribution in [-0.2, 0) is 15.6 Å². The number of hydrogen-bond acceptors (Lipinski definition) is 2. The summed E-state index contributed by atoms with van der Waals surface area (Å²) in [5.74, 6) is 2.84. The summed E-state index contributed by atoms with van der Waals surface area (Å²) >= 11 is 0. The first-order chi connectivity index (χ1) is 15.0. The van der Waals surface area contributed by atoms with Gasteiger partial charge in [0, 0.05) is 24.2 Å². The molecule has 1 saturated heterocycles. The van der Waals surface area contributed by atoms with E-state index in [-0.39, 0.29) is 16.6 Å². The minimum absolute atomic E-state index is 0.106. The number of benzene rings is 2. The van der Waals surface area contributed by atoms with Gasteiger partial charge in [0.25, 0.3) is 0 Å². The van der Waals surface area contributed by atoms with Crippen molar-refractivity contribution >= 4 is 17.9 Å². The quantitative estimate of drug-likeness (QED) is 0.427. The van der Waals surface area contributed by atoms with Crippen molar-refractivity contribution in [1.82, 2.24) is 4.90 Å². The Morgan fingerprint density at radius 1 is 0.781 bits per heavy atom. The molecule has 0 atom stereocenters. The van der Waals surface area contributed by atoms with Gasteiger partial charge in [-0.3, -0.25) is 9.69 Å². The molecule has 2 aromatic carbocycles. The smallest absolute Gasteiger partial charge is 0.187 e. The fourth-order valence-corrected chi connectivity index (χ4v) is 3.91. The molecule has 1 heterocycles.